The number of rotatable bonds is 3. The zero-order valence-electron chi connectivity index (χ0n) is 15.1. The van der Waals surface area contributed by atoms with Crippen LogP contribution in [0.5, 0.6) is 0 Å². The molecule has 0 bridgehead atoms. The van der Waals surface area contributed by atoms with Crippen LogP contribution in [-0.2, 0) is 22.1 Å². The van der Waals surface area contributed by atoms with E-state index in [-0.39, 0.29) is 17.6 Å². The third-order valence-electron chi connectivity index (χ3n) is 5.12. The van der Waals surface area contributed by atoms with Crippen molar-refractivity contribution in [3.05, 3.63) is 59.7 Å². The van der Waals surface area contributed by atoms with Crippen LogP contribution in [0.15, 0.2) is 53.4 Å². The Balaban J connectivity index is 1.68. The lowest BCUT2D eigenvalue weighted by molar-refractivity contribution is -0.116. The SMILES string of the molecule is O=C(c1ccc2c(c1)N(Cc1ccccc1)C(=O)C[S@]2=O)N1CCCCC1. The number of benzene rings is 2. The molecular formula is C21H22N2O3S. The van der Waals surface area contributed by atoms with E-state index in [1.807, 2.05) is 35.2 Å². The number of fused-ring (bicyclic) bond motifs is 1. The molecule has 0 saturated carbocycles. The molecule has 2 heterocycles. The molecule has 0 spiro atoms. The molecule has 0 aromatic heterocycles. The van der Waals surface area contributed by atoms with E-state index < -0.39 is 10.8 Å². The Morgan fingerprint density at radius 1 is 1.00 bits per heavy atom. The topological polar surface area (TPSA) is 57.7 Å². The summed E-state index contributed by atoms with van der Waals surface area (Å²) >= 11 is 0. The fraction of sp³-hybridized carbons (Fsp3) is 0.333. The zero-order valence-corrected chi connectivity index (χ0v) is 15.9. The van der Waals surface area contributed by atoms with Crippen LogP contribution >= 0.6 is 0 Å². The maximum absolute atomic E-state index is 12.9. The van der Waals surface area contributed by atoms with Gasteiger partial charge in [-0.05, 0) is 43.0 Å². The Morgan fingerprint density at radius 2 is 1.74 bits per heavy atom. The highest BCUT2D eigenvalue weighted by molar-refractivity contribution is 7.86. The molecular weight excluding hydrogens is 360 g/mol. The Bertz CT molecular complexity index is 892. The quantitative estimate of drug-likeness (QED) is 0.820. The van der Waals surface area contributed by atoms with Crippen molar-refractivity contribution in [3.8, 4) is 0 Å². The average molecular weight is 382 g/mol. The molecule has 1 atom stereocenters. The van der Waals surface area contributed by atoms with Crippen molar-refractivity contribution >= 4 is 28.3 Å². The second-order valence-electron chi connectivity index (χ2n) is 6.99. The fourth-order valence-electron chi connectivity index (χ4n) is 3.67. The molecule has 0 unspecified atom stereocenters. The van der Waals surface area contributed by atoms with Crippen molar-refractivity contribution in [1.29, 1.82) is 0 Å². The molecule has 2 aliphatic heterocycles. The van der Waals surface area contributed by atoms with Crippen LogP contribution in [-0.4, -0.2) is 39.8 Å². The second-order valence-corrected chi connectivity index (χ2v) is 8.41. The predicted molar refractivity (Wildman–Crippen MR) is 105 cm³/mol. The predicted octanol–water partition coefficient (Wildman–Crippen LogP) is 2.97. The summed E-state index contributed by atoms with van der Waals surface area (Å²) in [6.07, 6.45) is 3.21. The third kappa shape index (κ3) is 3.67. The monoisotopic (exact) mass is 382 g/mol. The largest absolute Gasteiger partial charge is 0.339 e. The van der Waals surface area contributed by atoms with Crippen molar-refractivity contribution in [1.82, 2.24) is 4.90 Å². The smallest absolute Gasteiger partial charge is 0.253 e. The van der Waals surface area contributed by atoms with Crippen LogP contribution in [0.1, 0.15) is 35.2 Å². The Morgan fingerprint density at radius 3 is 2.48 bits per heavy atom. The van der Waals surface area contributed by atoms with Crippen molar-refractivity contribution in [2.24, 2.45) is 0 Å². The summed E-state index contributed by atoms with van der Waals surface area (Å²) < 4.78 is 12.4. The van der Waals surface area contributed by atoms with Gasteiger partial charge in [-0.1, -0.05) is 30.3 Å². The Hall–Kier alpha value is -2.47. The first-order chi connectivity index (χ1) is 13.1. The van der Waals surface area contributed by atoms with Gasteiger partial charge in [-0.3, -0.25) is 13.8 Å². The van der Waals surface area contributed by atoms with Crippen LogP contribution in [0.4, 0.5) is 5.69 Å². The van der Waals surface area contributed by atoms with Gasteiger partial charge in [0.15, 0.2) is 0 Å². The minimum absolute atomic E-state index is 0.0130. The van der Waals surface area contributed by atoms with Crippen LogP contribution in [0, 0.1) is 0 Å². The third-order valence-corrected chi connectivity index (χ3v) is 6.47. The maximum atomic E-state index is 12.9. The molecule has 27 heavy (non-hydrogen) atoms. The highest BCUT2D eigenvalue weighted by Gasteiger charge is 2.30. The summed E-state index contributed by atoms with van der Waals surface area (Å²) in [5.74, 6) is -0.201. The number of nitrogens with zero attached hydrogens (tertiary/aromatic N) is 2. The number of amides is 2. The van der Waals surface area contributed by atoms with Gasteiger partial charge in [0.2, 0.25) is 5.91 Å². The normalized spacial score (nSPS) is 19.7. The number of hydrogen-bond acceptors (Lipinski definition) is 3. The molecule has 2 aromatic rings. The van der Waals surface area contributed by atoms with Crippen LogP contribution in [0.25, 0.3) is 0 Å². The Kier molecular flexibility index (Phi) is 5.07. The van der Waals surface area contributed by atoms with Gasteiger partial charge < -0.3 is 9.80 Å². The van der Waals surface area contributed by atoms with E-state index in [0.29, 0.717) is 22.7 Å². The van der Waals surface area contributed by atoms with Gasteiger partial charge in [-0.2, -0.15) is 0 Å². The van der Waals surface area contributed by atoms with E-state index in [2.05, 4.69) is 0 Å². The van der Waals surface area contributed by atoms with Crippen molar-refractivity contribution in [2.75, 3.05) is 23.7 Å². The lowest BCUT2D eigenvalue weighted by Gasteiger charge is -2.30. The van der Waals surface area contributed by atoms with Gasteiger partial charge in [0.05, 0.1) is 27.9 Å². The zero-order chi connectivity index (χ0) is 18.8. The number of anilines is 1. The van der Waals surface area contributed by atoms with E-state index in [9.17, 15) is 13.8 Å². The summed E-state index contributed by atoms with van der Waals surface area (Å²) in [7, 11) is -1.37. The van der Waals surface area contributed by atoms with Gasteiger partial charge >= 0.3 is 0 Å². The molecule has 0 radical (unpaired) electrons. The number of likely N-dealkylation sites (tertiary alicyclic amines) is 1. The molecule has 2 aromatic carbocycles. The summed E-state index contributed by atoms with van der Waals surface area (Å²) in [6, 6.07) is 14.9. The van der Waals surface area contributed by atoms with Crippen LogP contribution in [0.2, 0.25) is 0 Å². The average Bonchev–Trinajstić information content (AvgIpc) is 2.71. The summed E-state index contributed by atoms with van der Waals surface area (Å²) in [5, 5.41) is 0. The van der Waals surface area contributed by atoms with E-state index in [1.54, 1.807) is 23.1 Å². The van der Waals surface area contributed by atoms with Crippen LogP contribution in [0.3, 0.4) is 0 Å². The van der Waals surface area contributed by atoms with E-state index >= 15 is 0 Å². The highest BCUT2D eigenvalue weighted by atomic mass is 32.2. The Labute approximate surface area is 161 Å². The van der Waals surface area contributed by atoms with Crippen molar-refractivity contribution in [2.45, 2.75) is 30.7 Å². The minimum Gasteiger partial charge on any atom is -0.339 e. The van der Waals surface area contributed by atoms with E-state index in [4.69, 9.17) is 0 Å². The fourth-order valence-corrected chi connectivity index (χ4v) is 4.83. The van der Waals surface area contributed by atoms with Gasteiger partial charge in [-0.25, -0.2) is 0 Å². The number of carbonyl (C=O) groups is 2. The summed E-state index contributed by atoms with van der Waals surface area (Å²) in [5.41, 5.74) is 2.15. The first-order valence-corrected chi connectivity index (χ1v) is 10.6. The van der Waals surface area contributed by atoms with E-state index in [0.717, 1.165) is 37.9 Å². The summed E-state index contributed by atoms with van der Waals surface area (Å²) in [6.45, 7) is 1.95. The van der Waals surface area contributed by atoms with Gasteiger partial charge in [0.25, 0.3) is 5.91 Å². The standard InChI is InChI=1S/C21H22N2O3S/c24-20-15-27(26)19-10-9-17(21(25)22-11-5-2-6-12-22)13-18(19)23(20)14-16-7-3-1-4-8-16/h1,3-4,7-10,13H,2,5-6,11-12,14-15H2/t27-/m1/s1. The molecule has 6 heteroatoms. The molecule has 4 rings (SSSR count). The lowest BCUT2D eigenvalue weighted by Crippen LogP contribution is -2.39. The maximum Gasteiger partial charge on any atom is 0.253 e. The molecule has 140 valence electrons. The first-order valence-electron chi connectivity index (χ1n) is 9.29. The number of carbonyl (C=O) groups excluding carboxylic acids is 2. The van der Waals surface area contributed by atoms with Crippen molar-refractivity contribution < 1.29 is 13.8 Å². The number of hydrogen-bond donors (Lipinski definition) is 0. The second kappa shape index (κ2) is 7.64. The van der Waals surface area contributed by atoms with E-state index in [1.165, 1.54) is 0 Å². The molecule has 5 nitrogen and oxygen atoms in total. The molecule has 1 fully saturated rings. The van der Waals surface area contributed by atoms with Gasteiger partial charge in [-0.15, -0.1) is 0 Å². The highest BCUT2D eigenvalue weighted by Crippen LogP contribution is 2.32. The molecule has 0 N–H and O–H groups in total. The molecule has 0 aliphatic carbocycles. The number of piperidine rings is 1. The van der Waals surface area contributed by atoms with Crippen molar-refractivity contribution in [3.63, 3.8) is 0 Å². The molecule has 2 aliphatic rings. The first kappa shape index (κ1) is 17.9. The minimum atomic E-state index is -1.37. The molecule has 1 saturated heterocycles. The summed E-state index contributed by atoms with van der Waals surface area (Å²) in [4.78, 5) is 29.6. The van der Waals surface area contributed by atoms with Gasteiger partial charge in [0.1, 0.15) is 5.75 Å². The molecule has 2 amide bonds. The van der Waals surface area contributed by atoms with Crippen LogP contribution < -0.4 is 4.90 Å². The lowest BCUT2D eigenvalue weighted by atomic mass is 10.1. The van der Waals surface area contributed by atoms with Gasteiger partial charge in [0, 0.05) is 18.7 Å².